The standard InChI is InChI=1S/C14H20N2O2S/c1-9-5-6-13(18-9)14(4,17)8-15-7-12-10(2)16-11(3)19-12/h5-6,15,17H,7-8H2,1-4H3. The minimum Gasteiger partial charge on any atom is -0.463 e. The van der Waals surface area contributed by atoms with Gasteiger partial charge < -0.3 is 14.8 Å². The number of aryl methyl sites for hydroxylation is 3. The Bertz CT molecular complexity index is 558. The van der Waals surface area contributed by atoms with Crippen LogP contribution in [0.25, 0.3) is 0 Å². The molecule has 2 N–H and O–H groups in total. The van der Waals surface area contributed by atoms with Gasteiger partial charge in [0.2, 0.25) is 0 Å². The molecular formula is C14H20N2O2S. The topological polar surface area (TPSA) is 58.3 Å². The summed E-state index contributed by atoms with van der Waals surface area (Å²) in [5.74, 6) is 1.40. The van der Waals surface area contributed by atoms with Gasteiger partial charge in [0.25, 0.3) is 0 Å². The zero-order chi connectivity index (χ0) is 14.0. The molecule has 0 aliphatic carbocycles. The van der Waals surface area contributed by atoms with E-state index in [0.29, 0.717) is 18.8 Å². The van der Waals surface area contributed by atoms with Crippen LogP contribution in [0.4, 0.5) is 0 Å². The monoisotopic (exact) mass is 280 g/mol. The van der Waals surface area contributed by atoms with Gasteiger partial charge in [-0.25, -0.2) is 4.98 Å². The van der Waals surface area contributed by atoms with Gasteiger partial charge in [-0.05, 0) is 39.8 Å². The molecule has 2 aromatic heterocycles. The van der Waals surface area contributed by atoms with Crippen molar-refractivity contribution < 1.29 is 9.52 Å². The van der Waals surface area contributed by atoms with Gasteiger partial charge in [-0.3, -0.25) is 0 Å². The van der Waals surface area contributed by atoms with Crippen LogP contribution in [0.15, 0.2) is 16.5 Å². The fourth-order valence-corrected chi connectivity index (χ4v) is 2.87. The van der Waals surface area contributed by atoms with E-state index in [0.717, 1.165) is 16.5 Å². The van der Waals surface area contributed by atoms with Crippen molar-refractivity contribution in [1.82, 2.24) is 10.3 Å². The third-order valence-corrected chi connectivity index (χ3v) is 4.10. The molecule has 0 spiro atoms. The first-order valence-corrected chi connectivity index (χ1v) is 7.13. The summed E-state index contributed by atoms with van der Waals surface area (Å²) in [6.07, 6.45) is 0. The lowest BCUT2D eigenvalue weighted by molar-refractivity contribution is 0.0333. The van der Waals surface area contributed by atoms with Crippen LogP contribution in [0, 0.1) is 20.8 Å². The first kappa shape index (κ1) is 14.2. The van der Waals surface area contributed by atoms with Gasteiger partial charge in [-0.2, -0.15) is 0 Å². The maximum absolute atomic E-state index is 10.4. The molecule has 0 fully saturated rings. The van der Waals surface area contributed by atoms with Crippen molar-refractivity contribution in [3.63, 3.8) is 0 Å². The molecule has 2 aromatic rings. The highest BCUT2D eigenvalue weighted by Gasteiger charge is 2.26. The van der Waals surface area contributed by atoms with Gasteiger partial charge >= 0.3 is 0 Å². The second-order valence-corrected chi connectivity index (χ2v) is 6.32. The van der Waals surface area contributed by atoms with Gasteiger partial charge in [0.15, 0.2) is 0 Å². The molecule has 2 heterocycles. The van der Waals surface area contributed by atoms with E-state index in [1.165, 1.54) is 4.88 Å². The Hall–Kier alpha value is -1.17. The molecule has 104 valence electrons. The lowest BCUT2D eigenvalue weighted by Gasteiger charge is -2.21. The molecule has 0 aliphatic rings. The van der Waals surface area contributed by atoms with Gasteiger partial charge in [0, 0.05) is 18.0 Å². The quantitative estimate of drug-likeness (QED) is 0.884. The molecule has 4 nitrogen and oxygen atoms in total. The Labute approximate surface area is 117 Å². The van der Waals surface area contributed by atoms with Crippen LogP contribution < -0.4 is 5.32 Å². The predicted molar refractivity (Wildman–Crippen MR) is 76.3 cm³/mol. The summed E-state index contributed by atoms with van der Waals surface area (Å²) in [4.78, 5) is 5.60. The molecule has 0 bridgehead atoms. The van der Waals surface area contributed by atoms with Gasteiger partial charge in [-0.15, -0.1) is 11.3 Å². The SMILES string of the molecule is Cc1ccc(C(C)(O)CNCc2sc(C)nc2C)o1. The van der Waals surface area contributed by atoms with Crippen molar-refractivity contribution in [2.24, 2.45) is 0 Å². The van der Waals surface area contributed by atoms with E-state index in [2.05, 4.69) is 10.3 Å². The van der Waals surface area contributed by atoms with Crippen LogP contribution in [-0.2, 0) is 12.1 Å². The van der Waals surface area contributed by atoms with E-state index in [1.54, 1.807) is 18.3 Å². The first-order valence-electron chi connectivity index (χ1n) is 6.31. The van der Waals surface area contributed by atoms with Crippen LogP contribution in [-0.4, -0.2) is 16.6 Å². The number of nitrogens with zero attached hydrogens (tertiary/aromatic N) is 1. The summed E-state index contributed by atoms with van der Waals surface area (Å²) in [5, 5.41) is 14.7. The number of hydrogen-bond donors (Lipinski definition) is 2. The minimum absolute atomic E-state index is 0.441. The molecule has 0 saturated heterocycles. The Kier molecular flexibility index (Phi) is 4.08. The van der Waals surface area contributed by atoms with Crippen molar-refractivity contribution in [2.45, 2.75) is 39.8 Å². The van der Waals surface area contributed by atoms with E-state index in [4.69, 9.17) is 4.42 Å². The van der Waals surface area contributed by atoms with E-state index >= 15 is 0 Å². The van der Waals surface area contributed by atoms with E-state index in [9.17, 15) is 5.11 Å². The number of aliphatic hydroxyl groups is 1. The molecule has 0 saturated carbocycles. The summed E-state index contributed by atoms with van der Waals surface area (Å²) in [6.45, 7) is 8.79. The summed E-state index contributed by atoms with van der Waals surface area (Å²) >= 11 is 1.69. The molecule has 0 aromatic carbocycles. The third-order valence-electron chi connectivity index (χ3n) is 3.03. The zero-order valence-electron chi connectivity index (χ0n) is 11.8. The maximum atomic E-state index is 10.4. The minimum atomic E-state index is -0.998. The molecule has 2 rings (SSSR count). The predicted octanol–water partition coefficient (Wildman–Crippen LogP) is 2.66. The van der Waals surface area contributed by atoms with Crippen molar-refractivity contribution in [3.8, 4) is 0 Å². The smallest absolute Gasteiger partial charge is 0.136 e. The first-order chi connectivity index (χ1) is 8.88. The second kappa shape index (κ2) is 5.45. The van der Waals surface area contributed by atoms with Crippen molar-refractivity contribution >= 4 is 11.3 Å². The Morgan fingerprint density at radius 3 is 2.63 bits per heavy atom. The Morgan fingerprint density at radius 1 is 1.37 bits per heavy atom. The molecular weight excluding hydrogens is 260 g/mol. The zero-order valence-corrected chi connectivity index (χ0v) is 12.6. The number of nitrogens with one attached hydrogen (secondary N) is 1. The fraction of sp³-hybridized carbons (Fsp3) is 0.500. The molecule has 1 unspecified atom stereocenters. The summed E-state index contributed by atoms with van der Waals surface area (Å²) in [7, 11) is 0. The highest BCUT2D eigenvalue weighted by atomic mass is 32.1. The second-order valence-electron chi connectivity index (χ2n) is 5.03. The van der Waals surface area contributed by atoms with Crippen LogP contribution in [0.5, 0.6) is 0 Å². The maximum Gasteiger partial charge on any atom is 0.136 e. The van der Waals surface area contributed by atoms with Gasteiger partial charge in [-0.1, -0.05) is 0 Å². The van der Waals surface area contributed by atoms with E-state index < -0.39 is 5.60 Å². The molecule has 1 atom stereocenters. The Balaban J connectivity index is 1.93. The van der Waals surface area contributed by atoms with E-state index in [1.807, 2.05) is 32.9 Å². The van der Waals surface area contributed by atoms with Gasteiger partial charge in [0.1, 0.15) is 17.1 Å². The van der Waals surface area contributed by atoms with Crippen molar-refractivity contribution in [2.75, 3.05) is 6.54 Å². The van der Waals surface area contributed by atoms with Crippen LogP contribution in [0.2, 0.25) is 0 Å². The molecule has 0 amide bonds. The molecule has 5 heteroatoms. The van der Waals surface area contributed by atoms with Crippen LogP contribution in [0.3, 0.4) is 0 Å². The average molecular weight is 280 g/mol. The number of hydrogen-bond acceptors (Lipinski definition) is 5. The lowest BCUT2D eigenvalue weighted by atomic mass is 10.0. The van der Waals surface area contributed by atoms with Crippen molar-refractivity contribution in [1.29, 1.82) is 0 Å². The lowest BCUT2D eigenvalue weighted by Crippen LogP contribution is -2.34. The number of furan rings is 1. The van der Waals surface area contributed by atoms with Crippen molar-refractivity contribution in [3.05, 3.63) is 39.2 Å². The normalized spacial score (nSPS) is 14.6. The van der Waals surface area contributed by atoms with E-state index in [-0.39, 0.29) is 0 Å². The highest BCUT2D eigenvalue weighted by Crippen LogP contribution is 2.22. The molecule has 0 aliphatic heterocycles. The summed E-state index contributed by atoms with van der Waals surface area (Å²) < 4.78 is 5.48. The third kappa shape index (κ3) is 3.43. The molecule has 19 heavy (non-hydrogen) atoms. The largest absolute Gasteiger partial charge is 0.463 e. The number of rotatable bonds is 5. The van der Waals surface area contributed by atoms with Gasteiger partial charge in [0.05, 0.1) is 10.7 Å². The number of thiazole rings is 1. The molecule has 0 radical (unpaired) electrons. The highest BCUT2D eigenvalue weighted by molar-refractivity contribution is 7.11. The summed E-state index contributed by atoms with van der Waals surface area (Å²) in [5.41, 5.74) is 0.0607. The summed E-state index contributed by atoms with van der Waals surface area (Å²) in [6, 6.07) is 3.68. The average Bonchev–Trinajstić information content (AvgIpc) is 2.86. The van der Waals surface area contributed by atoms with Crippen LogP contribution in [0.1, 0.15) is 34.0 Å². The number of aromatic nitrogens is 1. The Morgan fingerprint density at radius 2 is 2.11 bits per heavy atom. The van der Waals surface area contributed by atoms with Crippen LogP contribution >= 0.6 is 11.3 Å². The fourth-order valence-electron chi connectivity index (χ4n) is 1.97.